The molecule has 0 radical (unpaired) electrons. The first kappa shape index (κ1) is 17.1. The van der Waals surface area contributed by atoms with Crippen LogP contribution in [-0.2, 0) is 4.79 Å². The molecule has 1 aliphatic heterocycles. The van der Waals surface area contributed by atoms with Gasteiger partial charge in [-0.1, -0.05) is 13.8 Å². The molecule has 2 atom stereocenters. The fourth-order valence-electron chi connectivity index (χ4n) is 4.04. The highest BCUT2D eigenvalue weighted by Crippen LogP contribution is 2.33. The van der Waals surface area contributed by atoms with E-state index >= 15 is 0 Å². The lowest BCUT2D eigenvalue weighted by Gasteiger charge is -2.37. The van der Waals surface area contributed by atoms with Crippen LogP contribution in [0.25, 0.3) is 0 Å². The van der Waals surface area contributed by atoms with E-state index in [4.69, 9.17) is 0 Å². The van der Waals surface area contributed by atoms with E-state index in [0.717, 1.165) is 18.4 Å². The molecule has 2 aliphatic rings. The summed E-state index contributed by atoms with van der Waals surface area (Å²) < 4.78 is 0. The summed E-state index contributed by atoms with van der Waals surface area (Å²) in [7, 11) is 0. The highest BCUT2D eigenvalue weighted by molar-refractivity contribution is 5.76. The van der Waals surface area contributed by atoms with Crippen molar-refractivity contribution in [2.75, 3.05) is 19.6 Å². The minimum absolute atomic E-state index is 0.0293. The van der Waals surface area contributed by atoms with Gasteiger partial charge in [0.15, 0.2) is 0 Å². The van der Waals surface area contributed by atoms with Crippen molar-refractivity contribution in [2.24, 2.45) is 23.2 Å². The number of carboxylic acids is 1. The van der Waals surface area contributed by atoms with Gasteiger partial charge >= 0.3 is 12.0 Å². The summed E-state index contributed by atoms with van der Waals surface area (Å²) in [5.41, 5.74) is -0.676. The summed E-state index contributed by atoms with van der Waals surface area (Å²) in [5.74, 6) is 1.32. The Bertz CT molecular complexity index is 406. The van der Waals surface area contributed by atoms with Crippen LogP contribution >= 0.6 is 0 Å². The zero-order valence-corrected chi connectivity index (χ0v) is 14.1. The number of carbonyl (C=O) groups is 2. The number of urea groups is 1. The van der Waals surface area contributed by atoms with Crippen molar-refractivity contribution in [1.29, 1.82) is 0 Å². The molecule has 2 N–H and O–H groups in total. The molecular formula is C17H30N2O3. The number of rotatable bonds is 3. The van der Waals surface area contributed by atoms with Crippen molar-refractivity contribution in [2.45, 2.75) is 52.9 Å². The Kier molecular flexibility index (Phi) is 5.35. The van der Waals surface area contributed by atoms with Gasteiger partial charge in [0, 0.05) is 19.6 Å². The number of carbonyl (C=O) groups excluding carboxylic acids is 1. The van der Waals surface area contributed by atoms with E-state index < -0.39 is 11.4 Å². The first-order valence-electron chi connectivity index (χ1n) is 8.56. The zero-order valence-electron chi connectivity index (χ0n) is 14.1. The second-order valence-corrected chi connectivity index (χ2v) is 7.82. The summed E-state index contributed by atoms with van der Waals surface area (Å²) in [6.45, 7) is 8.18. The molecular weight excluding hydrogens is 280 g/mol. The summed E-state index contributed by atoms with van der Waals surface area (Å²) in [5, 5.41) is 12.3. The number of aliphatic carboxylic acids is 1. The SMILES string of the molecule is CC1CC(C)CC(CNC(=O)N2CCC(C)(C(=O)O)CC2)C1. The molecule has 1 heterocycles. The molecule has 5 heteroatoms. The first-order valence-corrected chi connectivity index (χ1v) is 8.56. The Balaban J connectivity index is 1.75. The van der Waals surface area contributed by atoms with Gasteiger partial charge in [-0.15, -0.1) is 0 Å². The Labute approximate surface area is 133 Å². The van der Waals surface area contributed by atoms with Crippen molar-refractivity contribution in [3.8, 4) is 0 Å². The molecule has 0 aromatic carbocycles. The van der Waals surface area contributed by atoms with Gasteiger partial charge in [-0.05, 0) is 56.8 Å². The van der Waals surface area contributed by atoms with Crippen LogP contribution in [0.1, 0.15) is 52.9 Å². The maximum absolute atomic E-state index is 12.3. The molecule has 2 rings (SSSR count). The summed E-state index contributed by atoms with van der Waals surface area (Å²) in [4.78, 5) is 25.2. The highest BCUT2D eigenvalue weighted by atomic mass is 16.4. The van der Waals surface area contributed by atoms with E-state index in [2.05, 4.69) is 19.2 Å². The highest BCUT2D eigenvalue weighted by Gasteiger charge is 2.38. The standard InChI is InChI=1S/C17H30N2O3/c1-12-8-13(2)10-14(9-12)11-18-16(22)19-6-4-17(3,5-7-19)15(20)21/h12-14H,4-11H2,1-3H3,(H,18,22)(H,20,21). The molecule has 0 aromatic rings. The summed E-state index contributed by atoms with van der Waals surface area (Å²) >= 11 is 0. The second kappa shape index (κ2) is 6.88. The summed E-state index contributed by atoms with van der Waals surface area (Å²) in [6, 6.07) is -0.0293. The van der Waals surface area contributed by atoms with E-state index in [-0.39, 0.29) is 6.03 Å². The number of piperidine rings is 1. The monoisotopic (exact) mass is 310 g/mol. The third-order valence-corrected chi connectivity index (χ3v) is 5.49. The van der Waals surface area contributed by atoms with Gasteiger partial charge < -0.3 is 15.3 Å². The van der Waals surface area contributed by atoms with Crippen molar-refractivity contribution in [3.63, 3.8) is 0 Å². The van der Waals surface area contributed by atoms with E-state index in [1.807, 2.05) is 0 Å². The lowest BCUT2D eigenvalue weighted by atomic mass is 9.77. The van der Waals surface area contributed by atoms with Gasteiger partial charge in [0.05, 0.1) is 5.41 Å². The second-order valence-electron chi connectivity index (χ2n) is 7.82. The van der Waals surface area contributed by atoms with E-state index in [9.17, 15) is 14.7 Å². The maximum Gasteiger partial charge on any atom is 0.317 e. The number of carboxylic acid groups (broad SMARTS) is 1. The van der Waals surface area contributed by atoms with E-state index in [0.29, 0.717) is 31.8 Å². The average molecular weight is 310 g/mol. The Hall–Kier alpha value is -1.26. The van der Waals surface area contributed by atoms with Gasteiger partial charge in [0.25, 0.3) is 0 Å². The quantitative estimate of drug-likeness (QED) is 0.842. The van der Waals surface area contributed by atoms with Crippen LogP contribution in [0, 0.1) is 23.2 Å². The number of hydrogen-bond acceptors (Lipinski definition) is 2. The van der Waals surface area contributed by atoms with Crippen LogP contribution in [0.2, 0.25) is 0 Å². The Morgan fingerprint density at radius 2 is 1.68 bits per heavy atom. The first-order chi connectivity index (χ1) is 10.3. The number of amides is 2. The average Bonchev–Trinajstić information content (AvgIpc) is 2.44. The molecule has 0 spiro atoms. The number of nitrogens with zero attached hydrogens (tertiary/aromatic N) is 1. The van der Waals surface area contributed by atoms with Crippen LogP contribution < -0.4 is 5.32 Å². The fourth-order valence-corrected chi connectivity index (χ4v) is 4.04. The Morgan fingerprint density at radius 3 is 2.18 bits per heavy atom. The number of nitrogens with one attached hydrogen (secondary N) is 1. The predicted octanol–water partition coefficient (Wildman–Crippen LogP) is 2.96. The normalized spacial score (nSPS) is 31.6. The Morgan fingerprint density at radius 1 is 1.14 bits per heavy atom. The van der Waals surface area contributed by atoms with Crippen LogP contribution in [0.3, 0.4) is 0 Å². The molecule has 22 heavy (non-hydrogen) atoms. The van der Waals surface area contributed by atoms with Crippen LogP contribution in [0.15, 0.2) is 0 Å². The van der Waals surface area contributed by atoms with E-state index in [1.54, 1.807) is 11.8 Å². The minimum atomic E-state index is -0.752. The van der Waals surface area contributed by atoms with E-state index in [1.165, 1.54) is 19.3 Å². The lowest BCUT2D eigenvalue weighted by Crippen LogP contribution is -2.49. The molecule has 2 amide bonds. The van der Waals surface area contributed by atoms with Crippen molar-refractivity contribution in [3.05, 3.63) is 0 Å². The fraction of sp³-hybridized carbons (Fsp3) is 0.882. The zero-order chi connectivity index (χ0) is 16.3. The molecule has 1 aliphatic carbocycles. The molecule has 0 bridgehead atoms. The van der Waals surface area contributed by atoms with Gasteiger partial charge in [-0.3, -0.25) is 4.79 Å². The van der Waals surface area contributed by atoms with Crippen molar-refractivity contribution in [1.82, 2.24) is 10.2 Å². The number of likely N-dealkylation sites (tertiary alicyclic amines) is 1. The largest absolute Gasteiger partial charge is 0.481 e. The summed E-state index contributed by atoms with van der Waals surface area (Å²) in [6.07, 6.45) is 4.76. The smallest absolute Gasteiger partial charge is 0.317 e. The minimum Gasteiger partial charge on any atom is -0.481 e. The van der Waals surface area contributed by atoms with Crippen LogP contribution in [0.5, 0.6) is 0 Å². The maximum atomic E-state index is 12.3. The third-order valence-electron chi connectivity index (χ3n) is 5.49. The van der Waals surface area contributed by atoms with Gasteiger partial charge in [0.2, 0.25) is 0 Å². The van der Waals surface area contributed by atoms with Crippen LogP contribution in [0.4, 0.5) is 4.79 Å². The molecule has 1 saturated carbocycles. The molecule has 126 valence electrons. The number of hydrogen-bond donors (Lipinski definition) is 2. The van der Waals surface area contributed by atoms with Crippen LogP contribution in [-0.4, -0.2) is 41.6 Å². The molecule has 2 unspecified atom stereocenters. The lowest BCUT2D eigenvalue weighted by molar-refractivity contribution is -0.150. The molecule has 2 fully saturated rings. The van der Waals surface area contributed by atoms with Gasteiger partial charge in [-0.25, -0.2) is 4.79 Å². The van der Waals surface area contributed by atoms with Crippen molar-refractivity contribution >= 4 is 12.0 Å². The molecule has 5 nitrogen and oxygen atoms in total. The van der Waals surface area contributed by atoms with Gasteiger partial charge in [0.1, 0.15) is 0 Å². The molecule has 0 aromatic heterocycles. The van der Waals surface area contributed by atoms with Gasteiger partial charge in [-0.2, -0.15) is 0 Å². The van der Waals surface area contributed by atoms with Crippen molar-refractivity contribution < 1.29 is 14.7 Å². The predicted molar refractivity (Wildman–Crippen MR) is 85.6 cm³/mol. The third kappa shape index (κ3) is 4.14. The topological polar surface area (TPSA) is 69.6 Å². The molecule has 1 saturated heterocycles.